The zero-order valence-electron chi connectivity index (χ0n) is 14.1. The number of nitrogens with zero attached hydrogens (tertiary/aromatic N) is 1. The molecule has 1 amide bonds. The molecule has 2 N–H and O–H groups in total. The number of carbonyl (C=O) groups is 1. The van der Waals surface area contributed by atoms with E-state index >= 15 is 0 Å². The molecule has 0 heterocycles. The molecule has 0 saturated carbocycles. The molecule has 26 heavy (non-hydrogen) atoms. The standard InChI is InChI=1S/C18H18FN3O3S/c1-26(24,25)22-17(14-4-6-15(19)7-5-14)12-18(23)21-16-8-2-13(3-9-16)10-11-20/h2-9,17,22H,10,12H2,1H3,(H,21,23)/t17-/m0/s1. The SMILES string of the molecule is CS(=O)(=O)N[C@@H](CC(=O)Nc1ccc(CC#N)cc1)c1ccc(F)cc1. The molecular formula is C18H18FN3O3S. The molecule has 0 aliphatic rings. The predicted molar refractivity (Wildman–Crippen MR) is 96.1 cm³/mol. The summed E-state index contributed by atoms with van der Waals surface area (Å²) in [7, 11) is -3.57. The molecule has 0 aliphatic carbocycles. The van der Waals surface area contributed by atoms with Crippen LogP contribution < -0.4 is 10.0 Å². The maximum atomic E-state index is 13.1. The molecule has 2 aromatic carbocycles. The second-order valence-electron chi connectivity index (χ2n) is 5.78. The maximum Gasteiger partial charge on any atom is 0.226 e. The molecule has 2 rings (SSSR count). The summed E-state index contributed by atoms with van der Waals surface area (Å²) in [4.78, 5) is 12.3. The predicted octanol–water partition coefficient (Wildman–Crippen LogP) is 2.51. The third-order valence-corrected chi connectivity index (χ3v) is 4.25. The van der Waals surface area contributed by atoms with Crippen LogP contribution in [0, 0.1) is 17.1 Å². The van der Waals surface area contributed by atoms with Gasteiger partial charge in [-0.15, -0.1) is 0 Å². The van der Waals surface area contributed by atoms with E-state index in [1.165, 1.54) is 24.3 Å². The number of hydrogen-bond acceptors (Lipinski definition) is 4. The second-order valence-corrected chi connectivity index (χ2v) is 7.56. The van der Waals surface area contributed by atoms with Crippen LogP contribution in [0.3, 0.4) is 0 Å². The third-order valence-electron chi connectivity index (χ3n) is 3.54. The van der Waals surface area contributed by atoms with Gasteiger partial charge in [-0.25, -0.2) is 17.5 Å². The van der Waals surface area contributed by atoms with Gasteiger partial charge >= 0.3 is 0 Å². The average Bonchev–Trinajstić information content (AvgIpc) is 2.56. The second kappa shape index (κ2) is 8.56. The summed E-state index contributed by atoms with van der Waals surface area (Å²) in [5.74, 6) is -0.850. The Labute approximate surface area is 151 Å². The topological polar surface area (TPSA) is 99.1 Å². The van der Waals surface area contributed by atoms with Gasteiger partial charge in [0.1, 0.15) is 5.82 Å². The first-order chi connectivity index (χ1) is 12.3. The number of amides is 1. The molecular weight excluding hydrogens is 357 g/mol. The van der Waals surface area contributed by atoms with Crippen LogP contribution in [0.15, 0.2) is 48.5 Å². The van der Waals surface area contributed by atoms with Crippen LogP contribution in [-0.2, 0) is 21.2 Å². The van der Waals surface area contributed by atoms with E-state index < -0.39 is 27.8 Å². The highest BCUT2D eigenvalue weighted by atomic mass is 32.2. The van der Waals surface area contributed by atoms with Gasteiger partial charge in [0.25, 0.3) is 0 Å². The van der Waals surface area contributed by atoms with Gasteiger partial charge in [-0.2, -0.15) is 5.26 Å². The Morgan fingerprint density at radius 2 is 1.77 bits per heavy atom. The van der Waals surface area contributed by atoms with Crippen molar-refractivity contribution in [1.82, 2.24) is 4.72 Å². The smallest absolute Gasteiger partial charge is 0.226 e. The van der Waals surface area contributed by atoms with E-state index in [9.17, 15) is 17.6 Å². The van der Waals surface area contributed by atoms with Gasteiger partial charge in [0.15, 0.2) is 0 Å². The number of halogens is 1. The number of sulfonamides is 1. The molecule has 2 aromatic rings. The zero-order valence-corrected chi connectivity index (χ0v) is 14.9. The van der Waals surface area contributed by atoms with Crippen molar-refractivity contribution in [3.05, 3.63) is 65.5 Å². The van der Waals surface area contributed by atoms with E-state index in [2.05, 4.69) is 10.0 Å². The third kappa shape index (κ3) is 6.27. The largest absolute Gasteiger partial charge is 0.326 e. The van der Waals surface area contributed by atoms with Crippen molar-refractivity contribution >= 4 is 21.6 Å². The lowest BCUT2D eigenvalue weighted by Gasteiger charge is -2.18. The van der Waals surface area contributed by atoms with Gasteiger partial charge in [-0.3, -0.25) is 4.79 Å². The number of carbonyl (C=O) groups excluding carboxylic acids is 1. The van der Waals surface area contributed by atoms with Crippen molar-refractivity contribution < 1.29 is 17.6 Å². The number of rotatable bonds is 7. The molecule has 0 fully saturated rings. The fourth-order valence-corrected chi connectivity index (χ4v) is 3.11. The van der Waals surface area contributed by atoms with Gasteiger partial charge in [-0.05, 0) is 35.4 Å². The first-order valence-corrected chi connectivity index (χ1v) is 9.64. The highest BCUT2D eigenvalue weighted by molar-refractivity contribution is 7.88. The number of nitriles is 1. The molecule has 0 aliphatic heterocycles. The van der Waals surface area contributed by atoms with Crippen molar-refractivity contribution in [2.75, 3.05) is 11.6 Å². The Hall–Kier alpha value is -2.76. The molecule has 1 atom stereocenters. The van der Waals surface area contributed by atoms with Gasteiger partial charge in [0.2, 0.25) is 15.9 Å². The van der Waals surface area contributed by atoms with Crippen LogP contribution >= 0.6 is 0 Å². The summed E-state index contributed by atoms with van der Waals surface area (Å²) in [6.45, 7) is 0. The molecule has 136 valence electrons. The molecule has 0 aromatic heterocycles. The number of benzene rings is 2. The quantitative estimate of drug-likeness (QED) is 0.777. The molecule has 8 heteroatoms. The van der Waals surface area contributed by atoms with Crippen LogP contribution in [0.1, 0.15) is 23.6 Å². The monoisotopic (exact) mass is 375 g/mol. The van der Waals surface area contributed by atoms with Crippen LogP contribution in [0.25, 0.3) is 0 Å². The van der Waals surface area contributed by atoms with Crippen molar-refractivity contribution in [2.45, 2.75) is 18.9 Å². The summed E-state index contributed by atoms with van der Waals surface area (Å²) in [5, 5.41) is 11.3. The Kier molecular flexibility index (Phi) is 6.44. The number of hydrogen-bond donors (Lipinski definition) is 2. The lowest BCUT2D eigenvalue weighted by atomic mass is 10.0. The highest BCUT2D eigenvalue weighted by Gasteiger charge is 2.20. The summed E-state index contributed by atoms with van der Waals surface area (Å²) >= 11 is 0. The van der Waals surface area contributed by atoms with Crippen LogP contribution in [0.4, 0.5) is 10.1 Å². The molecule has 0 spiro atoms. The van der Waals surface area contributed by atoms with Gasteiger partial charge < -0.3 is 5.32 Å². The van der Waals surface area contributed by atoms with E-state index in [0.717, 1.165) is 11.8 Å². The summed E-state index contributed by atoms with van der Waals surface area (Å²) in [5.41, 5.74) is 1.85. The van der Waals surface area contributed by atoms with Crippen molar-refractivity contribution in [3.63, 3.8) is 0 Å². The van der Waals surface area contributed by atoms with Gasteiger partial charge in [0, 0.05) is 12.1 Å². The van der Waals surface area contributed by atoms with E-state index in [-0.39, 0.29) is 12.8 Å². The van der Waals surface area contributed by atoms with E-state index in [4.69, 9.17) is 5.26 Å². The van der Waals surface area contributed by atoms with Crippen molar-refractivity contribution in [1.29, 1.82) is 5.26 Å². The summed E-state index contributed by atoms with van der Waals surface area (Å²) in [6.07, 6.45) is 1.12. The Morgan fingerprint density at radius 1 is 1.15 bits per heavy atom. The fourth-order valence-electron chi connectivity index (χ4n) is 2.38. The minimum Gasteiger partial charge on any atom is -0.326 e. The lowest BCUT2D eigenvalue weighted by molar-refractivity contribution is -0.116. The van der Waals surface area contributed by atoms with E-state index in [1.807, 2.05) is 6.07 Å². The first kappa shape index (κ1) is 19.6. The van der Waals surface area contributed by atoms with Crippen LogP contribution in [0.5, 0.6) is 0 Å². The molecule has 0 unspecified atom stereocenters. The maximum absolute atomic E-state index is 13.1. The number of nitrogens with one attached hydrogen (secondary N) is 2. The van der Waals surface area contributed by atoms with Gasteiger partial charge in [-0.1, -0.05) is 24.3 Å². The van der Waals surface area contributed by atoms with Crippen LogP contribution in [-0.4, -0.2) is 20.6 Å². The normalized spacial score (nSPS) is 12.2. The summed E-state index contributed by atoms with van der Waals surface area (Å²) < 4.78 is 38.6. The van der Waals surface area contributed by atoms with Gasteiger partial charge in [0.05, 0.1) is 24.8 Å². The van der Waals surface area contributed by atoms with Crippen molar-refractivity contribution in [2.24, 2.45) is 0 Å². The summed E-state index contributed by atoms with van der Waals surface area (Å²) in [6, 6.07) is 13.3. The minimum atomic E-state index is -3.57. The average molecular weight is 375 g/mol. The van der Waals surface area contributed by atoms with Crippen molar-refractivity contribution in [3.8, 4) is 6.07 Å². The first-order valence-electron chi connectivity index (χ1n) is 7.75. The molecule has 0 radical (unpaired) electrons. The molecule has 0 bridgehead atoms. The minimum absolute atomic E-state index is 0.154. The Balaban J connectivity index is 2.10. The Bertz CT molecular complexity index is 904. The zero-order chi connectivity index (χ0) is 19.2. The van der Waals surface area contributed by atoms with E-state index in [1.54, 1.807) is 24.3 Å². The van der Waals surface area contributed by atoms with Crippen LogP contribution in [0.2, 0.25) is 0 Å². The highest BCUT2D eigenvalue weighted by Crippen LogP contribution is 2.20. The number of anilines is 1. The molecule has 0 saturated heterocycles. The molecule has 6 nitrogen and oxygen atoms in total. The fraction of sp³-hybridized carbons (Fsp3) is 0.222. The van der Waals surface area contributed by atoms with E-state index in [0.29, 0.717) is 11.3 Å². The lowest BCUT2D eigenvalue weighted by Crippen LogP contribution is -2.30. The Morgan fingerprint density at radius 3 is 2.31 bits per heavy atom.